The van der Waals surface area contributed by atoms with Crippen molar-refractivity contribution in [2.75, 3.05) is 10.6 Å². The van der Waals surface area contributed by atoms with Gasteiger partial charge < -0.3 is 15.7 Å². The summed E-state index contributed by atoms with van der Waals surface area (Å²) in [5.74, 6) is -13.9. The zero-order valence-corrected chi connectivity index (χ0v) is 16.9. The Morgan fingerprint density at radius 3 is 1.91 bits per heavy atom. The van der Waals surface area contributed by atoms with Gasteiger partial charge in [-0.05, 0) is 42.5 Å². The predicted molar refractivity (Wildman–Crippen MR) is 107 cm³/mol. The van der Waals surface area contributed by atoms with E-state index >= 15 is 0 Å². The van der Waals surface area contributed by atoms with Crippen LogP contribution in [0.5, 0.6) is 0 Å². The van der Waals surface area contributed by atoms with Crippen LogP contribution in [0, 0.1) is 34.6 Å². The van der Waals surface area contributed by atoms with Gasteiger partial charge in [0.25, 0.3) is 5.91 Å². The highest BCUT2D eigenvalue weighted by Gasteiger charge is 2.34. The Balaban J connectivity index is 2.11. The van der Waals surface area contributed by atoms with Crippen molar-refractivity contribution in [1.82, 2.24) is 0 Å². The van der Waals surface area contributed by atoms with E-state index < -0.39 is 63.7 Å². The monoisotopic (exact) mass is 497 g/mol. The van der Waals surface area contributed by atoms with Crippen LogP contribution in [0.1, 0.15) is 31.8 Å². The molecule has 180 valence electrons. The molecule has 3 N–H and O–H groups in total. The van der Waals surface area contributed by atoms with E-state index in [0.717, 1.165) is 6.07 Å². The highest BCUT2D eigenvalue weighted by Crippen LogP contribution is 2.36. The van der Waals surface area contributed by atoms with Crippen LogP contribution in [0.3, 0.4) is 0 Å². The molecule has 0 spiro atoms. The molecule has 35 heavy (non-hydrogen) atoms. The second-order valence-corrected chi connectivity index (χ2v) is 6.84. The SMILES string of the molecule is N#Cc1ccc(Nc2ccc(C(F)(F)F)cc2NC(=O)c2c(F)c(F)c(F)c(F)c2C(=O)O)cc1. The maximum atomic E-state index is 14.3. The minimum Gasteiger partial charge on any atom is -0.478 e. The number of aromatic carboxylic acids is 1. The van der Waals surface area contributed by atoms with Crippen molar-refractivity contribution in [2.24, 2.45) is 0 Å². The van der Waals surface area contributed by atoms with Crippen molar-refractivity contribution in [3.63, 3.8) is 0 Å². The van der Waals surface area contributed by atoms with E-state index in [-0.39, 0.29) is 16.9 Å². The molecule has 3 aromatic rings. The number of hydrogen-bond donors (Lipinski definition) is 3. The summed E-state index contributed by atoms with van der Waals surface area (Å²) in [6.45, 7) is 0. The number of hydrogen-bond acceptors (Lipinski definition) is 4. The lowest BCUT2D eigenvalue weighted by molar-refractivity contribution is -0.137. The number of rotatable bonds is 5. The number of carbonyl (C=O) groups excluding carboxylic acids is 1. The van der Waals surface area contributed by atoms with E-state index in [0.29, 0.717) is 12.1 Å². The van der Waals surface area contributed by atoms with Gasteiger partial charge in [0, 0.05) is 5.69 Å². The summed E-state index contributed by atoms with van der Waals surface area (Å²) in [5, 5.41) is 22.3. The largest absolute Gasteiger partial charge is 0.478 e. The summed E-state index contributed by atoms with van der Waals surface area (Å²) in [6.07, 6.45) is -4.90. The molecule has 0 atom stereocenters. The second-order valence-electron chi connectivity index (χ2n) is 6.84. The van der Waals surface area contributed by atoms with Crippen LogP contribution in [0.2, 0.25) is 0 Å². The fourth-order valence-corrected chi connectivity index (χ4v) is 2.95. The molecule has 0 radical (unpaired) electrons. The van der Waals surface area contributed by atoms with Crippen molar-refractivity contribution in [3.8, 4) is 6.07 Å². The number of carboxylic acid groups (broad SMARTS) is 1. The highest BCUT2D eigenvalue weighted by atomic mass is 19.4. The summed E-state index contributed by atoms with van der Waals surface area (Å²) in [4.78, 5) is 23.9. The topological polar surface area (TPSA) is 102 Å². The molecular weight excluding hydrogens is 487 g/mol. The van der Waals surface area contributed by atoms with Gasteiger partial charge in [0.1, 0.15) is 5.56 Å². The van der Waals surface area contributed by atoms with Crippen LogP contribution in [0.4, 0.5) is 47.8 Å². The Morgan fingerprint density at radius 2 is 1.40 bits per heavy atom. The number of nitriles is 1. The average Bonchev–Trinajstić information content (AvgIpc) is 2.80. The van der Waals surface area contributed by atoms with Gasteiger partial charge in [0.2, 0.25) is 0 Å². The van der Waals surface area contributed by atoms with E-state index in [1.807, 2.05) is 6.07 Å². The maximum Gasteiger partial charge on any atom is 0.416 e. The van der Waals surface area contributed by atoms with Crippen molar-refractivity contribution >= 4 is 28.9 Å². The van der Waals surface area contributed by atoms with E-state index in [9.17, 15) is 40.3 Å². The van der Waals surface area contributed by atoms with Gasteiger partial charge in [0.15, 0.2) is 23.3 Å². The Bertz CT molecular complexity index is 1380. The number of carbonyl (C=O) groups is 2. The lowest BCUT2D eigenvalue weighted by atomic mass is 10.0. The normalized spacial score (nSPS) is 11.0. The third-order valence-electron chi connectivity index (χ3n) is 4.60. The number of halogens is 7. The molecule has 0 saturated heterocycles. The van der Waals surface area contributed by atoms with Gasteiger partial charge in [-0.15, -0.1) is 0 Å². The molecule has 3 aromatic carbocycles. The number of carboxylic acids is 1. The first kappa shape index (κ1) is 25.0. The molecule has 0 saturated carbocycles. The van der Waals surface area contributed by atoms with Gasteiger partial charge in [-0.1, -0.05) is 0 Å². The summed E-state index contributed by atoms with van der Waals surface area (Å²) in [5.41, 5.74) is -5.33. The van der Waals surface area contributed by atoms with Gasteiger partial charge in [-0.2, -0.15) is 18.4 Å². The van der Waals surface area contributed by atoms with Crippen LogP contribution in [-0.4, -0.2) is 17.0 Å². The number of nitrogens with zero attached hydrogens (tertiary/aromatic N) is 1. The number of alkyl halides is 3. The lowest BCUT2D eigenvalue weighted by Crippen LogP contribution is -2.23. The fourth-order valence-electron chi connectivity index (χ4n) is 2.95. The molecule has 6 nitrogen and oxygen atoms in total. The summed E-state index contributed by atoms with van der Waals surface area (Å²) < 4.78 is 95.1. The van der Waals surface area contributed by atoms with Crippen LogP contribution in [0.25, 0.3) is 0 Å². The number of benzene rings is 3. The van der Waals surface area contributed by atoms with Crippen LogP contribution in [0.15, 0.2) is 42.5 Å². The smallest absolute Gasteiger partial charge is 0.416 e. The predicted octanol–water partition coefficient (Wildman–Crippen LogP) is 5.83. The molecule has 13 heteroatoms. The number of amides is 1. The van der Waals surface area contributed by atoms with E-state index in [1.54, 1.807) is 5.32 Å². The van der Waals surface area contributed by atoms with Gasteiger partial charge in [-0.3, -0.25) is 4.79 Å². The summed E-state index contributed by atoms with van der Waals surface area (Å²) in [6, 6.07) is 9.22. The molecule has 0 aliphatic heterocycles. The standard InChI is InChI=1S/C22H10F7N3O3/c23-16-14(15(21(34)35)17(24)19(26)18(16)25)20(33)32-13-7-10(22(27,28)29)3-6-12(13)31-11-4-1-9(8-30)2-5-11/h1-7,31H,(H,32,33)(H,34,35). The Morgan fingerprint density at radius 1 is 0.829 bits per heavy atom. The molecule has 0 fully saturated rings. The van der Waals surface area contributed by atoms with E-state index in [4.69, 9.17) is 10.4 Å². The van der Waals surface area contributed by atoms with Crippen molar-refractivity contribution in [2.45, 2.75) is 6.18 Å². The van der Waals surface area contributed by atoms with Gasteiger partial charge >= 0.3 is 12.1 Å². The van der Waals surface area contributed by atoms with Gasteiger partial charge in [0.05, 0.1) is 34.1 Å². The first-order valence-electron chi connectivity index (χ1n) is 9.24. The van der Waals surface area contributed by atoms with E-state index in [1.165, 1.54) is 24.3 Å². The molecular formula is C22H10F7N3O3. The summed E-state index contributed by atoms with van der Waals surface area (Å²) in [7, 11) is 0. The average molecular weight is 497 g/mol. The third kappa shape index (κ3) is 5.01. The maximum absolute atomic E-state index is 14.3. The van der Waals surface area contributed by atoms with Crippen LogP contribution >= 0.6 is 0 Å². The molecule has 1 amide bonds. The number of nitrogens with one attached hydrogen (secondary N) is 2. The highest BCUT2D eigenvalue weighted by molar-refractivity contribution is 6.12. The molecule has 0 bridgehead atoms. The lowest BCUT2D eigenvalue weighted by Gasteiger charge is -2.17. The Hall–Kier alpha value is -4.60. The molecule has 3 rings (SSSR count). The van der Waals surface area contributed by atoms with Crippen molar-refractivity contribution in [1.29, 1.82) is 5.26 Å². The number of anilines is 3. The first-order valence-corrected chi connectivity index (χ1v) is 9.24. The fraction of sp³-hybridized carbons (Fsp3) is 0.0455. The van der Waals surface area contributed by atoms with Gasteiger partial charge in [-0.25, -0.2) is 22.4 Å². The molecule has 0 aliphatic rings. The first-order chi connectivity index (χ1) is 16.3. The minimum atomic E-state index is -4.90. The molecule has 0 aliphatic carbocycles. The summed E-state index contributed by atoms with van der Waals surface area (Å²) >= 11 is 0. The Labute approximate surface area is 191 Å². The second kappa shape index (κ2) is 9.34. The minimum absolute atomic E-state index is 0.226. The van der Waals surface area contributed by atoms with E-state index in [2.05, 4.69) is 5.32 Å². The zero-order chi connectivity index (χ0) is 26.1. The quantitative estimate of drug-likeness (QED) is 0.234. The molecule has 0 unspecified atom stereocenters. The van der Waals surface area contributed by atoms with Crippen molar-refractivity contribution < 1.29 is 45.4 Å². The van der Waals surface area contributed by atoms with Crippen LogP contribution < -0.4 is 10.6 Å². The third-order valence-corrected chi connectivity index (χ3v) is 4.60. The molecule has 0 heterocycles. The molecule has 0 aromatic heterocycles. The zero-order valence-electron chi connectivity index (χ0n) is 16.9. The Kier molecular flexibility index (Phi) is 6.68. The van der Waals surface area contributed by atoms with Crippen molar-refractivity contribution in [3.05, 3.63) is 88.0 Å². The van der Waals surface area contributed by atoms with Crippen LogP contribution in [-0.2, 0) is 6.18 Å².